The summed E-state index contributed by atoms with van der Waals surface area (Å²) in [6.45, 7) is 2.58. The maximum Gasteiger partial charge on any atom is 0.320 e. The second-order valence-electron chi connectivity index (χ2n) is 12.6. The Morgan fingerprint density at radius 3 is 2.57 bits per heavy atom. The molecule has 1 amide bonds. The lowest BCUT2D eigenvalue weighted by atomic mass is 10.1. The molecule has 2 aliphatic rings. The number of anilines is 1. The van der Waals surface area contributed by atoms with Gasteiger partial charge in [0.25, 0.3) is 0 Å². The van der Waals surface area contributed by atoms with Crippen LogP contribution in [0, 0.1) is 24.4 Å². The highest BCUT2D eigenvalue weighted by Crippen LogP contribution is 2.36. The molecule has 4 bridgehead atoms. The first-order chi connectivity index (χ1) is 24.6. The largest absolute Gasteiger partial charge is 0.472 e. The van der Waals surface area contributed by atoms with Crippen molar-refractivity contribution in [3.05, 3.63) is 78.0 Å². The van der Waals surface area contributed by atoms with Gasteiger partial charge in [-0.2, -0.15) is 15.1 Å². The van der Waals surface area contributed by atoms with Crippen LogP contribution < -0.4 is 14.4 Å². The number of benzene rings is 2. The van der Waals surface area contributed by atoms with Gasteiger partial charge in [0.1, 0.15) is 41.1 Å². The molecule has 2 aliphatic heterocycles. The summed E-state index contributed by atoms with van der Waals surface area (Å²) in [6, 6.07) is 10.4. The fourth-order valence-corrected chi connectivity index (χ4v) is 6.99. The summed E-state index contributed by atoms with van der Waals surface area (Å²) in [6.07, 6.45) is 0.720. The number of ether oxygens (including phenoxy) is 3. The average molecular weight is 700 g/mol. The van der Waals surface area contributed by atoms with Crippen molar-refractivity contribution >= 4 is 33.8 Å². The fourth-order valence-electron chi connectivity index (χ4n) is 6.99. The number of likely N-dealkylation sites (N-methyl/N-ethyl adjacent to an activating group) is 1. The van der Waals surface area contributed by atoms with Gasteiger partial charge in [0.05, 0.1) is 54.6 Å². The molecule has 2 aromatic carbocycles. The Bertz CT molecular complexity index is 2330. The Morgan fingerprint density at radius 2 is 1.78 bits per heavy atom. The van der Waals surface area contributed by atoms with E-state index >= 15 is 0 Å². The molecule has 0 saturated carbocycles. The Hall–Kier alpha value is -5.77. The number of amides is 1. The number of halogens is 3. The lowest BCUT2D eigenvalue weighted by Crippen LogP contribution is -2.47. The van der Waals surface area contributed by atoms with Gasteiger partial charge in [-0.1, -0.05) is 6.07 Å². The Balaban J connectivity index is 1.25. The van der Waals surface area contributed by atoms with Crippen LogP contribution in [0.1, 0.15) is 12.2 Å². The normalized spacial score (nSPS) is 19.4. The van der Waals surface area contributed by atoms with E-state index in [4.69, 9.17) is 19.2 Å². The summed E-state index contributed by atoms with van der Waals surface area (Å²) in [7, 11) is 4.67. The number of pyridine rings is 1. The van der Waals surface area contributed by atoms with E-state index in [1.165, 1.54) is 36.2 Å². The number of aryl methyl sites for hydroxylation is 1. The number of nitrogens with zero attached hydrogens (tertiary/aromatic N) is 9. The van der Waals surface area contributed by atoms with E-state index in [1.54, 1.807) is 42.2 Å². The summed E-state index contributed by atoms with van der Waals surface area (Å²) in [5, 5.41) is 4.77. The first-order valence-electron chi connectivity index (χ1n) is 16.2. The number of methoxy groups -OCH3 is 2. The number of aromatic nitrogens is 7. The van der Waals surface area contributed by atoms with Crippen LogP contribution in [-0.4, -0.2) is 97.7 Å². The van der Waals surface area contributed by atoms with Crippen molar-refractivity contribution in [3.8, 4) is 28.8 Å². The lowest BCUT2D eigenvalue weighted by Gasteiger charge is -2.30. The zero-order valence-electron chi connectivity index (χ0n) is 28.0. The molecule has 51 heavy (non-hydrogen) atoms. The van der Waals surface area contributed by atoms with Gasteiger partial charge < -0.3 is 28.6 Å². The molecule has 3 atom stereocenters. The van der Waals surface area contributed by atoms with Crippen LogP contribution in [0.3, 0.4) is 0 Å². The number of carbonyl (C=O) groups is 1. The molecule has 13 nitrogen and oxygen atoms in total. The van der Waals surface area contributed by atoms with E-state index in [2.05, 4.69) is 20.1 Å². The zero-order valence-corrected chi connectivity index (χ0v) is 28.0. The van der Waals surface area contributed by atoms with E-state index in [-0.39, 0.29) is 48.6 Å². The van der Waals surface area contributed by atoms with Crippen LogP contribution >= 0.6 is 0 Å². The highest BCUT2D eigenvalue weighted by Gasteiger charge is 2.42. The number of rotatable bonds is 4. The topological polar surface area (TPSA) is 126 Å². The highest BCUT2D eigenvalue weighted by molar-refractivity contribution is 5.94. The van der Waals surface area contributed by atoms with Crippen molar-refractivity contribution in [2.75, 3.05) is 39.3 Å². The van der Waals surface area contributed by atoms with Crippen molar-refractivity contribution in [3.63, 3.8) is 0 Å². The predicted octanol–water partition coefficient (Wildman–Crippen LogP) is 4.47. The SMILES string of the molecule is COc1nc(N2C[C@@H]3C[C@H]2C(=O)N(C)CC(OC)Cn2c(C)nc4cc(F)cc(c42)-c2cccc(n2)O3)c2cnn(-c3ccc(F)cc3F)c2n1. The molecule has 0 radical (unpaired) electrons. The molecule has 1 saturated heterocycles. The maximum absolute atomic E-state index is 15.0. The van der Waals surface area contributed by atoms with E-state index in [1.807, 2.05) is 11.5 Å². The highest BCUT2D eigenvalue weighted by atomic mass is 19.1. The second kappa shape index (κ2) is 12.5. The average Bonchev–Trinajstić information content (AvgIpc) is 3.81. The minimum Gasteiger partial charge on any atom is -0.472 e. The fraction of sp³-hybridized carbons (Fsp3) is 0.314. The first kappa shape index (κ1) is 32.4. The molecule has 1 fully saturated rings. The van der Waals surface area contributed by atoms with Crippen molar-refractivity contribution in [2.45, 2.75) is 38.1 Å². The molecule has 6 aromatic rings. The monoisotopic (exact) mass is 699 g/mol. The molecular weight excluding hydrogens is 667 g/mol. The van der Waals surface area contributed by atoms with Crippen LogP contribution in [0.2, 0.25) is 0 Å². The van der Waals surface area contributed by atoms with Crippen LogP contribution in [0.5, 0.6) is 11.9 Å². The van der Waals surface area contributed by atoms with E-state index in [0.717, 1.165) is 12.1 Å². The van der Waals surface area contributed by atoms with Gasteiger partial charge >= 0.3 is 6.01 Å². The lowest BCUT2D eigenvalue weighted by molar-refractivity contribution is -0.133. The van der Waals surface area contributed by atoms with Gasteiger partial charge in [0.2, 0.25) is 11.8 Å². The second-order valence-corrected chi connectivity index (χ2v) is 12.6. The summed E-state index contributed by atoms with van der Waals surface area (Å²) < 4.78 is 64.6. The van der Waals surface area contributed by atoms with Gasteiger partial charge in [0, 0.05) is 50.9 Å². The Labute approximate surface area is 289 Å². The van der Waals surface area contributed by atoms with Crippen molar-refractivity contribution in [1.82, 2.24) is 39.2 Å². The molecule has 6 heterocycles. The van der Waals surface area contributed by atoms with Gasteiger partial charge in [-0.25, -0.2) is 27.8 Å². The molecule has 8 rings (SSSR count). The summed E-state index contributed by atoms with van der Waals surface area (Å²) in [5.41, 5.74) is 2.37. The van der Waals surface area contributed by atoms with Crippen LogP contribution in [0.15, 0.2) is 54.7 Å². The standard InChI is InChI=1S/C35H32F3N9O4/c1-18-40-27-12-20(37)10-23-26-6-5-7-30(41-26)51-21-13-29(34(48)44(2)15-22(49-3)17-45(18)31(23)27)46(16-21)32-24-14-39-47(33(24)43-35(42-32)50-4)28-9-8-19(36)11-25(28)38/h5-12,14,21-22,29H,13,15-17H2,1-4H3/t21-,22?,29-/m0/s1. The number of fused-ring (bicyclic) bond motifs is 6. The smallest absolute Gasteiger partial charge is 0.320 e. The van der Waals surface area contributed by atoms with Gasteiger partial charge in [-0.05, 0) is 31.2 Å². The predicted molar refractivity (Wildman–Crippen MR) is 179 cm³/mol. The molecule has 0 spiro atoms. The molecular formula is C35H32F3N9O4. The minimum atomic E-state index is -0.837. The van der Waals surface area contributed by atoms with Gasteiger partial charge in [-0.3, -0.25) is 4.79 Å². The van der Waals surface area contributed by atoms with Crippen molar-refractivity contribution < 1.29 is 32.2 Å². The number of hydrogen-bond donors (Lipinski definition) is 0. The maximum atomic E-state index is 15.0. The van der Waals surface area contributed by atoms with E-state index in [9.17, 15) is 18.0 Å². The van der Waals surface area contributed by atoms with E-state index < -0.39 is 35.7 Å². The Kier molecular flexibility index (Phi) is 7.97. The van der Waals surface area contributed by atoms with Crippen molar-refractivity contribution in [1.29, 1.82) is 0 Å². The first-order valence-corrected chi connectivity index (χ1v) is 16.2. The molecule has 16 heteroatoms. The molecule has 0 aliphatic carbocycles. The molecule has 4 aromatic heterocycles. The number of imidazole rings is 1. The summed E-state index contributed by atoms with van der Waals surface area (Å²) in [5.74, 6) is -0.996. The van der Waals surface area contributed by atoms with Crippen LogP contribution in [0.4, 0.5) is 19.0 Å². The van der Waals surface area contributed by atoms with Crippen molar-refractivity contribution in [2.24, 2.45) is 0 Å². The Morgan fingerprint density at radius 1 is 0.941 bits per heavy atom. The van der Waals surface area contributed by atoms with Crippen LogP contribution in [0.25, 0.3) is 39.0 Å². The quantitative estimate of drug-likeness (QED) is 0.260. The molecule has 1 unspecified atom stereocenters. The van der Waals surface area contributed by atoms with Crippen LogP contribution in [-0.2, 0) is 16.1 Å². The number of carbonyl (C=O) groups excluding carboxylic acids is 1. The number of hydrogen-bond acceptors (Lipinski definition) is 10. The third-order valence-corrected chi connectivity index (χ3v) is 9.39. The molecule has 262 valence electrons. The third-order valence-electron chi connectivity index (χ3n) is 9.39. The molecule has 0 N–H and O–H groups in total. The van der Waals surface area contributed by atoms with Gasteiger partial charge in [-0.15, -0.1) is 0 Å². The van der Waals surface area contributed by atoms with Gasteiger partial charge in [0.15, 0.2) is 11.5 Å². The van der Waals surface area contributed by atoms with E-state index in [0.29, 0.717) is 45.9 Å². The summed E-state index contributed by atoms with van der Waals surface area (Å²) >= 11 is 0. The summed E-state index contributed by atoms with van der Waals surface area (Å²) in [4.78, 5) is 36.3. The minimum absolute atomic E-state index is 0.0297. The zero-order chi connectivity index (χ0) is 35.6. The third kappa shape index (κ3) is 5.64.